The summed E-state index contributed by atoms with van der Waals surface area (Å²) in [6.45, 7) is 3.77. The summed E-state index contributed by atoms with van der Waals surface area (Å²) in [5.41, 5.74) is 0.967. The number of benzene rings is 1. The number of hydrogen-bond donors (Lipinski definition) is 4. The number of carbonyl (C=O) groups excluding carboxylic acids is 1. The lowest BCUT2D eigenvalue weighted by Crippen LogP contribution is -2.19. The largest absolute Gasteiger partial charge is 0.396 e. The lowest BCUT2D eigenvalue weighted by molar-refractivity contribution is 0.101. The molecule has 9 heteroatoms. The van der Waals surface area contributed by atoms with E-state index in [1.54, 1.807) is 34.9 Å². The highest BCUT2D eigenvalue weighted by molar-refractivity contribution is 6.03. The Morgan fingerprint density at radius 3 is 2.79 bits per heavy atom. The number of carbonyl (C=O) groups is 1. The minimum atomic E-state index is -0.737. The molecule has 144 valence electrons. The summed E-state index contributed by atoms with van der Waals surface area (Å²) < 4.78 is 1.64. The molecule has 2 aromatic heterocycles. The molecule has 1 amide bonds. The van der Waals surface area contributed by atoms with E-state index in [2.05, 4.69) is 26.8 Å². The molecule has 0 aliphatic heterocycles. The average molecular weight is 381 g/mol. The van der Waals surface area contributed by atoms with Crippen LogP contribution in [0.25, 0.3) is 11.2 Å². The van der Waals surface area contributed by atoms with Gasteiger partial charge in [-0.2, -0.15) is 4.98 Å². The first-order chi connectivity index (χ1) is 13.5. The molecule has 1 fully saturated rings. The van der Waals surface area contributed by atoms with Crippen LogP contribution in [-0.2, 0) is 0 Å². The lowest BCUT2D eigenvalue weighted by Gasteiger charge is -2.15. The average Bonchev–Trinajstić information content (AvgIpc) is 3.23. The molecule has 0 bridgehead atoms. The first-order valence-electron chi connectivity index (χ1n) is 8.80. The molecule has 0 spiro atoms. The fraction of sp³-hybridized carbons (Fsp3) is 0.263. The molecule has 4 N–H and O–H groups in total. The zero-order valence-electron chi connectivity index (χ0n) is 14.9. The van der Waals surface area contributed by atoms with Crippen molar-refractivity contribution >= 4 is 23.0 Å². The van der Waals surface area contributed by atoms with E-state index < -0.39 is 23.5 Å². The summed E-state index contributed by atoms with van der Waals surface area (Å²) in [6, 6.07) is 8.20. The SMILES string of the molecule is C=C1[C@H](CO)[C@@H](O)C[C@@H]1n1cnc2c(=O)[nH]c(NC(=O)c3ccccc3)nc21. The Hall–Kier alpha value is -3.30. The third kappa shape index (κ3) is 3.00. The standard InChI is InChI=1S/C19H19N5O4/c1-10-12(8-25)14(26)7-13(10)24-9-20-15-16(24)21-19(23-18(15)28)22-17(27)11-5-3-2-4-6-11/h2-6,9,12-14,25-26H,1,7-8H2,(H2,21,22,23,27,28)/t12-,13-,14-/m0/s1. The number of aliphatic hydroxyl groups excluding tert-OH is 2. The van der Waals surface area contributed by atoms with Crippen molar-refractivity contribution in [1.82, 2.24) is 19.5 Å². The molecule has 3 aromatic rings. The topological polar surface area (TPSA) is 133 Å². The molecule has 1 aromatic carbocycles. The monoisotopic (exact) mass is 381 g/mol. The van der Waals surface area contributed by atoms with Gasteiger partial charge in [-0.05, 0) is 24.1 Å². The summed E-state index contributed by atoms with van der Waals surface area (Å²) in [7, 11) is 0. The maximum atomic E-state index is 12.4. The van der Waals surface area contributed by atoms with Crippen molar-refractivity contribution in [2.75, 3.05) is 11.9 Å². The molecule has 2 heterocycles. The molecular weight excluding hydrogens is 362 g/mol. The van der Waals surface area contributed by atoms with Gasteiger partial charge in [-0.1, -0.05) is 24.8 Å². The molecule has 28 heavy (non-hydrogen) atoms. The lowest BCUT2D eigenvalue weighted by atomic mass is 10.0. The number of anilines is 1. The quantitative estimate of drug-likeness (QED) is 0.495. The van der Waals surface area contributed by atoms with Crippen molar-refractivity contribution in [3.05, 3.63) is 64.7 Å². The first kappa shape index (κ1) is 18.1. The summed E-state index contributed by atoms with van der Waals surface area (Å²) in [5.74, 6) is -0.854. The highest BCUT2D eigenvalue weighted by Crippen LogP contribution is 2.39. The van der Waals surface area contributed by atoms with Crippen molar-refractivity contribution in [2.45, 2.75) is 18.6 Å². The van der Waals surface area contributed by atoms with E-state index in [4.69, 9.17) is 0 Å². The molecule has 9 nitrogen and oxygen atoms in total. The maximum Gasteiger partial charge on any atom is 0.280 e. The molecule has 0 radical (unpaired) electrons. The molecule has 3 atom stereocenters. The van der Waals surface area contributed by atoms with E-state index in [0.29, 0.717) is 17.6 Å². The van der Waals surface area contributed by atoms with Crippen molar-refractivity contribution in [3.63, 3.8) is 0 Å². The number of aromatic amines is 1. The molecule has 0 saturated heterocycles. The molecule has 0 unspecified atom stereocenters. The Labute approximate surface area is 159 Å². The minimum Gasteiger partial charge on any atom is -0.396 e. The number of fused-ring (bicyclic) bond motifs is 1. The summed E-state index contributed by atoms with van der Waals surface area (Å²) >= 11 is 0. The highest BCUT2D eigenvalue weighted by Gasteiger charge is 2.38. The van der Waals surface area contributed by atoms with Crippen LogP contribution in [0.1, 0.15) is 22.8 Å². The number of imidazole rings is 1. The van der Waals surface area contributed by atoms with Crippen molar-refractivity contribution in [3.8, 4) is 0 Å². The van der Waals surface area contributed by atoms with Gasteiger partial charge in [0.05, 0.1) is 25.1 Å². The van der Waals surface area contributed by atoms with E-state index in [1.807, 2.05) is 0 Å². The zero-order chi connectivity index (χ0) is 19.8. The Morgan fingerprint density at radius 1 is 1.36 bits per heavy atom. The molecule has 1 saturated carbocycles. The van der Waals surface area contributed by atoms with E-state index >= 15 is 0 Å². The first-order valence-corrected chi connectivity index (χ1v) is 8.80. The number of amides is 1. The van der Waals surface area contributed by atoms with E-state index in [9.17, 15) is 19.8 Å². The maximum absolute atomic E-state index is 12.4. The van der Waals surface area contributed by atoms with E-state index in [0.717, 1.165) is 0 Å². The van der Waals surface area contributed by atoms with Crippen molar-refractivity contribution < 1.29 is 15.0 Å². The van der Waals surface area contributed by atoms with Crippen LogP contribution in [0.3, 0.4) is 0 Å². The van der Waals surface area contributed by atoms with Crippen LogP contribution in [0.4, 0.5) is 5.95 Å². The van der Waals surface area contributed by atoms with Gasteiger partial charge in [0.1, 0.15) is 0 Å². The third-order valence-corrected chi connectivity index (χ3v) is 5.07. The molecule has 1 aliphatic rings. The van der Waals surface area contributed by atoms with Gasteiger partial charge in [-0.15, -0.1) is 0 Å². The predicted octanol–water partition coefficient (Wildman–Crippen LogP) is 0.842. The van der Waals surface area contributed by atoms with Gasteiger partial charge in [0.25, 0.3) is 11.5 Å². The van der Waals surface area contributed by atoms with Gasteiger partial charge in [0.15, 0.2) is 11.2 Å². The Morgan fingerprint density at radius 2 is 2.11 bits per heavy atom. The number of hydrogen-bond acceptors (Lipinski definition) is 6. The number of aliphatic hydroxyl groups is 2. The van der Waals surface area contributed by atoms with Gasteiger partial charge in [0, 0.05) is 11.5 Å². The van der Waals surface area contributed by atoms with Gasteiger partial charge in [-0.25, -0.2) is 4.98 Å². The summed E-state index contributed by atoms with van der Waals surface area (Å²) in [4.78, 5) is 35.7. The number of nitrogens with one attached hydrogen (secondary N) is 2. The van der Waals surface area contributed by atoms with Crippen LogP contribution in [0.15, 0.2) is 53.6 Å². The fourth-order valence-electron chi connectivity index (χ4n) is 3.55. The summed E-state index contributed by atoms with van der Waals surface area (Å²) in [5, 5.41) is 22.2. The molecule has 4 rings (SSSR count). The Bertz CT molecular complexity index is 1100. The predicted molar refractivity (Wildman–Crippen MR) is 102 cm³/mol. The highest BCUT2D eigenvalue weighted by atomic mass is 16.3. The number of aromatic nitrogens is 4. The molecule has 1 aliphatic carbocycles. The van der Waals surface area contributed by atoms with Crippen LogP contribution < -0.4 is 10.9 Å². The number of nitrogens with zero attached hydrogens (tertiary/aromatic N) is 3. The van der Waals surface area contributed by atoms with E-state index in [-0.39, 0.29) is 29.8 Å². The van der Waals surface area contributed by atoms with Crippen LogP contribution >= 0.6 is 0 Å². The van der Waals surface area contributed by atoms with Crippen LogP contribution in [-0.4, -0.2) is 48.4 Å². The minimum absolute atomic E-state index is 0.00373. The molecular formula is C19H19N5O4. The van der Waals surface area contributed by atoms with Crippen molar-refractivity contribution in [1.29, 1.82) is 0 Å². The normalized spacial score (nSPS) is 21.9. The van der Waals surface area contributed by atoms with Crippen LogP contribution in [0, 0.1) is 5.92 Å². The van der Waals surface area contributed by atoms with Crippen LogP contribution in [0.2, 0.25) is 0 Å². The zero-order valence-corrected chi connectivity index (χ0v) is 14.9. The second-order valence-electron chi connectivity index (χ2n) is 6.74. The number of rotatable bonds is 4. The van der Waals surface area contributed by atoms with Gasteiger partial charge >= 0.3 is 0 Å². The van der Waals surface area contributed by atoms with Gasteiger partial charge < -0.3 is 14.8 Å². The van der Waals surface area contributed by atoms with E-state index in [1.165, 1.54) is 6.33 Å². The smallest absolute Gasteiger partial charge is 0.280 e. The third-order valence-electron chi connectivity index (χ3n) is 5.07. The second kappa shape index (κ2) is 7.02. The van der Waals surface area contributed by atoms with Gasteiger partial charge in [0.2, 0.25) is 5.95 Å². The Kier molecular flexibility index (Phi) is 4.54. The second-order valence-corrected chi connectivity index (χ2v) is 6.74. The number of H-pyrrole nitrogens is 1. The summed E-state index contributed by atoms with van der Waals surface area (Å²) in [6.07, 6.45) is 1.05. The van der Waals surface area contributed by atoms with Crippen LogP contribution in [0.5, 0.6) is 0 Å². The van der Waals surface area contributed by atoms with Crippen molar-refractivity contribution in [2.24, 2.45) is 5.92 Å². The Balaban J connectivity index is 1.70. The van der Waals surface area contributed by atoms with Gasteiger partial charge in [-0.3, -0.25) is 19.9 Å². The fourth-order valence-corrected chi connectivity index (χ4v) is 3.55.